The molecule has 5 heteroatoms. The van der Waals surface area contributed by atoms with Crippen LogP contribution in [0.2, 0.25) is 0 Å². The Bertz CT molecular complexity index is 341. The van der Waals surface area contributed by atoms with Gasteiger partial charge in [-0.1, -0.05) is 0 Å². The summed E-state index contributed by atoms with van der Waals surface area (Å²) in [6.07, 6.45) is 2.95. The highest BCUT2D eigenvalue weighted by Crippen LogP contribution is 2.16. The highest BCUT2D eigenvalue weighted by Gasteiger charge is 2.14. The molecule has 0 aromatic carbocycles. The van der Waals surface area contributed by atoms with Gasteiger partial charge >= 0.3 is 0 Å². The maximum absolute atomic E-state index is 8.94. The molecule has 1 saturated heterocycles. The Balaban J connectivity index is 1.96. The Morgan fingerprint density at radius 1 is 1.24 bits per heavy atom. The van der Waals surface area contributed by atoms with Crippen molar-refractivity contribution in [2.45, 2.75) is 6.42 Å². The van der Waals surface area contributed by atoms with Crippen LogP contribution in [0.15, 0.2) is 18.3 Å². The number of nitrogens with zero attached hydrogens (tertiary/aromatic N) is 3. The van der Waals surface area contributed by atoms with Crippen LogP contribution in [0.1, 0.15) is 6.42 Å². The summed E-state index contributed by atoms with van der Waals surface area (Å²) in [6.45, 7) is 5.07. The van der Waals surface area contributed by atoms with Gasteiger partial charge < -0.3 is 15.7 Å². The third-order valence-corrected chi connectivity index (χ3v) is 3.14. The lowest BCUT2D eigenvalue weighted by Gasteiger charge is -2.23. The normalized spacial score (nSPS) is 18.1. The van der Waals surface area contributed by atoms with E-state index in [2.05, 4.69) is 14.8 Å². The number of rotatable bonds is 3. The van der Waals surface area contributed by atoms with Gasteiger partial charge in [-0.2, -0.15) is 0 Å². The standard InChI is InChI=1S/C12H20N4O/c13-12-3-2-11(10-14-12)16-5-1-4-15(6-7-16)8-9-17/h2-3,10,17H,1,4-9H2,(H2,13,14). The second-order valence-corrected chi connectivity index (χ2v) is 4.35. The number of aliphatic hydroxyl groups excluding tert-OH is 1. The third kappa shape index (κ3) is 3.31. The van der Waals surface area contributed by atoms with Crippen LogP contribution in [-0.2, 0) is 0 Å². The summed E-state index contributed by atoms with van der Waals surface area (Å²) in [5.41, 5.74) is 6.71. The molecule has 1 aliphatic rings. The Labute approximate surface area is 102 Å². The summed E-state index contributed by atoms with van der Waals surface area (Å²) in [5.74, 6) is 0.561. The van der Waals surface area contributed by atoms with Crippen LogP contribution in [-0.4, -0.2) is 54.3 Å². The largest absolute Gasteiger partial charge is 0.395 e. The minimum Gasteiger partial charge on any atom is -0.395 e. The summed E-state index contributed by atoms with van der Waals surface area (Å²) < 4.78 is 0. The van der Waals surface area contributed by atoms with Gasteiger partial charge in [0.05, 0.1) is 18.5 Å². The molecule has 0 spiro atoms. The average molecular weight is 236 g/mol. The van der Waals surface area contributed by atoms with Gasteiger partial charge in [0.25, 0.3) is 0 Å². The first-order valence-electron chi connectivity index (χ1n) is 6.09. The lowest BCUT2D eigenvalue weighted by molar-refractivity contribution is 0.204. The molecular weight excluding hydrogens is 216 g/mol. The number of aliphatic hydroxyl groups is 1. The van der Waals surface area contributed by atoms with E-state index in [0.29, 0.717) is 5.82 Å². The van der Waals surface area contributed by atoms with Crippen LogP contribution in [0.3, 0.4) is 0 Å². The van der Waals surface area contributed by atoms with Crippen molar-refractivity contribution in [2.24, 2.45) is 0 Å². The molecule has 2 rings (SSSR count). The zero-order valence-corrected chi connectivity index (χ0v) is 10.0. The van der Waals surface area contributed by atoms with Crippen molar-refractivity contribution in [1.82, 2.24) is 9.88 Å². The number of pyridine rings is 1. The third-order valence-electron chi connectivity index (χ3n) is 3.14. The molecule has 1 aromatic heterocycles. The van der Waals surface area contributed by atoms with E-state index in [1.54, 1.807) is 0 Å². The molecule has 94 valence electrons. The van der Waals surface area contributed by atoms with Gasteiger partial charge in [0, 0.05) is 26.2 Å². The second kappa shape index (κ2) is 5.84. The van der Waals surface area contributed by atoms with Crippen molar-refractivity contribution >= 4 is 11.5 Å². The molecule has 0 unspecified atom stereocenters. The van der Waals surface area contributed by atoms with Gasteiger partial charge in [0.2, 0.25) is 0 Å². The number of hydrogen-bond donors (Lipinski definition) is 2. The second-order valence-electron chi connectivity index (χ2n) is 4.35. The lowest BCUT2D eigenvalue weighted by atomic mass is 10.3. The molecule has 1 aromatic rings. The lowest BCUT2D eigenvalue weighted by Crippen LogP contribution is -2.32. The molecule has 3 N–H and O–H groups in total. The fraction of sp³-hybridized carbons (Fsp3) is 0.583. The quantitative estimate of drug-likeness (QED) is 0.783. The van der Waals surface area contributed by atoms with Crippen LogP contribution in [0, 0.1) is 0 Å². The summed E-state index contributed by atoms with van der Waals surface area (Å²) in [7, 11) is 0. The molecule has 0 amide bonds. The molecule has 5 nitrogen and oxygen atoms in total. The molecule has 0 saturated carbocycles. The van der Waals surface area contributed by atoms with E-state index < -0.39 is 0 Å². The predicted molar refractivity (Wildman–Crippen MR) is 69.0 cm³/mol. The fourth-order valence-electron chi connectivity index (χ4n) is 2.18. The van der Waals surface area contributed by atoms with E-state index in [1.807, 2.05) is 18.3 Å². The molecule has 0 aliphatic carbocycles. The summed E-state index contributed by atoms with van der Waals surface area (Å²) in [4.78, 5) is 8.74. The van der Waals surface area contributed by atoms with Crippen molar-refractivity contribution in [1.29, 1.82) is 0 Å². The number of nitrogens with two attached hydrogens (primary N) is 1. The van der Waals surface area contributed by atoms with Crippen molar-refractivity contribution in [3.05, 3.63) is 18.3 Å². The van der Waals surface area contributed by atoms with Crippen molar-refractivity contribution in [3.8, 4) is 0 Å². The number of anilines is 2. The summed E-state index contributed by atoms with van der Waals surface area (Å²) in [5, 5.41) is 8.94. The number of hydrogen-bond acceptors (Lipinski definition) is 5. The van der Waals surface area contributed by atoms with Crippen LogP contribution in [0.5, 0.6) is 0 Å². The molecule has 0 bridgehead atoms. The Morgan fingerprint density at radius 3 is 2.82 bits per heavy atom. The minimum absolute atomic E-state index is 0.240. The SMILES string of the molecule is Nc1ccc(N2CCCN(CCO)CC2)cn1. The Hall–Kier alpha value is -1.33. The maximum Gasteiger partial charge on any atom is 0.123 e. The Kier molecular flexibility index (Phi) is 4.17. The van der Waals surface area contributed by atoms with Crippen molar-refractivity contribution in [3.63, 3.8) is 0 Å². The number of nitrogen functional groups attached to an aromatic ring is 1. The van der Waals surface area contributed by atoms with Gasteiger partial charge in [0.15, 0.2) is 0 Å². The van der Waals surface area contributed by atoms with E-state index >= 15 is 0 Å². The van der Waals surface area contributed by atoms with Crippen LogP contribution in [0.25, 0.3) is 0 Å². The zero-order valence-electron chi connectivity index (χ0n) is 10.0. The molecule has 0 atom stereocenters. The van der Waals surface area contributed by atoms with Gasteiger partial charge in [-0.3, -0.25) is 4.90 Å². The number of aromatic nitrogens is 1. The van der Waals surface area contributed by atoms with E-state index in [-0.39, 0.29) is 6.61 Å². The van der Waals surface area contributed by atoms with E-state index in [0.717, 1.165) is 44.8 Å². The molecule has 2 heterocycles. The topological polar surface area (TPSA) is 65.6 Å². The molecule has 1 fully saturated rings. The van der Waals surface area contributed by atoms with Crippen LogP contribution < -0.4 is 10.6 Å². The molecular formula is C12H20N4O. The first kappa shape index (κ1) is 12.1. The summed E-state index contributed by atoms with van der Waals surface area (Å²) in [6, 6.07) is 3.86. The van der Waals surface area contributed by atoms with Crippen molar-refractivity contribution in [2.75, 3.05) is 50.0 Å². The summed E-state index contributed by atoms with van der Waals surface area (Å²) >= 11 is 0. The van der Waals surface area contributed by atoms with Gasteiger partial charge in [-0.05, 0) is 25.1 Å². The first-order chi connectivity index (χ1) is 8.29. The van der Waals surface area contributed by atoms with E-state index in [1.165, 1.54) is 0 Å². The van der Waals surface area contributed by atoms with Crippen LogP contribution >= 0.6 is 0 Å². The van der Waals surface area contributed by atoms with Gasteiger partial charge in [-0.25, -0.2) is 4.98 Å². The van der Waals surface area contributed by atoms with E-state index in [9.17, 15) is 0 Å². The van der Waals surface area contributed by atoms with Gasteiger partial charge in [-0.15, -0.1) is 0 Å². The molecule has 17 heavy (non-hydrogen) atoms. The fourth-order valence-corrected chi connectivity index (χ4v) is 2.18. The van der Waals surface area contributed by atoms with E-state index in [4.69, 9.17) is 10.8 Å². The average Bonchev–Trinajstić information content (AvgIpc) is 2.56. The van der Waals surface area contributed by atoms with Crippen molar-refractivity contribution < 1.29 is 5.11 Å². The highest BCUT2D eigenvalue weighted by atomic mass is 16.3. The predicted octanol–water partition coefficient (Wildman–Crippen LogP) is 0.168. The first-order valence-corrected chi connectivity index (χ1v) is 6.09. The smallest absolute Gasteiger partial charge is 0.123 e. The zero-order chi connectivity index (χ0) is 12.1. The highest BCUT2D eigenvalue weighted by molar-refractivity contribution is 5.48. The number of β-amino-alcohol motifs (C(OH)–C–C–N with tert-alkyl or cyclic N) is 1. The Morgan fingerprint density at radius 2 is 2.12 bits per heavy atom. The van der Waals surface area contributed by atoms with Gasteiger partial charge in [0.1, 0.15) is 5.82 Å². The molecule has 1 aliphatic heterocycles. The monoisotopic (exact) mass is 236 g/mol. The maximum atomic E-state index is 8.94. The minimum atomic E-state index is 0.240. The molecule has 0 radical (unpaired) electrons. The van der Waals surface area contributed by atoms with Crippen LogP contribution in [0.4, 0.5) is 11.5 Å².